The Kier molecular flexibility index (Phi) is 7.22. The van der Waals surface area contributed by atoms with Gasteiger partial charge in [0.05, 0.1) is 5.41 Å². The van der Waals surface area contributed by atoms with Crippen LogP contribution in [0.1, 0.15) is 37.0 Å². The molecule has 1 heterocycles. The predicted molar refractivity (Wildman–Crippen MR) is 145 cm³/mol. The maximum absolute atomic E-state index is 15.4. The zero-order chi connectivity index (χ0) is 29.5. The molecular formula is C29H22ClF2N3O6. The first-order valence-corrected chi connectivity index (χ1v) is 12.8. The Hall–Kier alpha value is -4.77. The molecule has 5 rings (SSSR count). The fourth-order valence-corrected chi connectivity index (χ4v) is 4.90. The number of carbonyl (C=O) groups excluding carboxylic acids is 1. The van der Waals surface area contributed by atoms with Gasteiger partial charge in [-0.2, -0.15) is 5.10 Å². The van der Waals surface area contributed by atoms with E-state index in [0.29, 0.717) is 34.6 Å². The van der Waals surface area contributed by atoms with Gasteiger partial charge in [0.1, 0.15) is 17.6 Å². The van der Waals surface area contributed by atoms with Gasteiger partial charge in [0.15, 0.2) is 11.6 Å². The van der Waals surface area contributed by atoms with Crippen molar-refractivity contribution in [3.05, 3.63) is 94.5 Å². The first-order chi connectivity index (χ1) is 19.5. The van der Waals surface area contributed by atoms with Crippen LogP contribution in [0, 0.1) is 11.6 Å². The molecule has 1 fully saturated rings. The third kappa shape index (κ3) is 5.23. The molecule has 9 nitrogen and oxygen atoms in total. The highest BCUT2D eigenvalue weighted by atomic mass is 35.5. The highest BCUT2D eigenvalue weighted by Crippen LogP contribution is 2.49. The highest BCUT2D eigenvalue weighted by Gasteiger charge is 2.53. The zero-order valence-corrected chi connectivity index (χ0v) is 22.2. The molecule has 12 heteroatoms. The molecular weight excluding hydrogens is 560 g/mol. The molecule has 1 aromatic heterocycles. The van der Waals surface area contributed by atoms with Crippen LogP contribution in [0.4, 0.5) is 24.2 Å². The van der Waals surface area contributed by atoms with Crippen LogP contribution >= 0.6 is 11.6 Å². The summed E-state index contributed by atoms with van der Waals surface area (Å²) in [6, 6.07) is 17.0. The Morgan fingerprint density at radius 1 is 1.00 bits per heavy atom. The average Bonchev–Trinajstić information content (AvgIpc) is 3.68. The van der Waals surface area contributed by atoms with Crippen molar-refractivity contribution in [3.8, 4) is 22.4 Å². The largest absolute Gasteiger partial charge is 0.481 e. The number of nitrogens with one attached hydrogen (secondary N) is 1. The second kappa shape index (κ2) is 10.7. The van der Waals surface area contributed by atoms with E-state index in [1.54, 1.807) is 49.4 Å². The lowest BCUT2D eigenvalue weighted by molar-refractivity contribution is -0.140. The summed E-state index contributed by atoms with van der Waals surface area (Å²) in [7, 11) is 0. The molecule has 0 saturated heterocycles. The molecule has 0 unspecified atom stereocenters. The lowest BCUT2D eigenvalue weighted by Crippen LogP contribution is -2.21. The summed E-state index contributed by atoms with van der Waals surface area (Å²) in [6.45, 7) is 1.55. The number of carboxylic acid groups (broad SMARTS) is 2. The van der Waals surface area contributed by atoms with Crippen LogP contribution in [0.5, 0.6) is 0 Å². The van der Waals surface area contributed by atoms with E-state index in [9.17, 15) is 29.0 Å². The van der Waals surface area contributed by atoms with Crippen molar-refractivity contribution in [2.75, 3.05) is 5.32 Å². The molecule has 3 aromatic carbocycles. The summed E-state index contributed by atoms with van der Waals surface area (Å²) in [5, 5.41) is 25.3. The van der Waals surface area contributed by atoms with Crippen LogP contribution in [0.2, 0.25) is 5.02 Å². The van der Waals surface area contributed by atoms with Crippen molar-refractivity contribution in [2.24, 2.45) is 0 Å². The molecule has 1 aliphatic rings. The number of rotatable bonds is 7. The minimum atomic E-state index is -1.65. The van der Waals surface area contributed by atoms with Crippen molar-refractivity contribution in [1.29, 1.82) is 0 Å². The Morgan fingerprint density at radius 2 is 1.63 bits per heavy atom. The van der Waals surface area contributed by atoms with Crippen LogP contribution < -0.4 is 5.32 Å². The summed E-state index contributed by atoms with van der Waals surface area (Å²) in [5.74, 6) is -3.54. The molecule has 1 aliphatic carbocycles. The Bertz CT molecular complexity index is 1680. The monoisotopic (exact) mass is 581 g/mol. The van der Waals surface area contributed by atoms with Gasteiger partial charge in [0.25, 0.3) is 0 Å². The second-order valence-electron chi connectivity index (χ2n) is 9.56. The molecule has 0 spiro atoms. The maximum atomic E-state index is 15.4. The molecule has 1 saturated carbocycles. The van der Waals surface area contributed by atoms with Crippen LogP contribution in [0.3, 0.4) is 0 Å². The van der Waals surface area contributed by atoms with E-state index < -0.39 is 47.1 Å². The Labute approximate surface area is 236 Å². The van der Waals surface area contributed by atoms with Crippen molar-refractivity contribution < 1.29 is 38.1 Å². The van der Waals surface area contributed by atoms with E-state index in [2.05, 4.69) is 10.4 Å². The molecule has 0 bridgehead atoms. The van der Waals surface area contributed by atoms with Gasteiger partial charge in [-0.15, -0.1) is 4.68 Å². The first kappa shape index (κ1) is 27.8. The first-order valence-electron chi connectivity index (χ1n) is 12.4. The summed E-state index contributed by atoms with van der Waals surface area (Å²) >= 11 is 6.12. The molecule has 0 radical (unpaired) electrons. The normalized spacial score (nSPS) is 14.2. The zero-order valence-electron chi connectivity index (χ0n) is 21.4. The number of aliphatic carboxylic acids is 1. The number of carbonyl (C=O) groups is 3. The maximum Gasteiger partial charge on any atom is 0.434 e. The predicted octanol–water partition coefficient (Wildman–Crippen LogP) is 7.10. The number of hydrogen-bond donors (Lipinski definition) is 3. The SMILES string of the molecule is C[C@@H](OC(=O)Nc1c(F)c(-c2ccc(-c3ccc(C4(C(=O)O)CC4)c(F)c3)cc2)nn1C(=O)O)c1ccccc1Cl. The number of nitrogens with zero attached hydrogens (tertiary/aromatic N) is 2. The Balaban J connectivity index is 1.37. The quantitative estimate of drug-likeness (QED) is 0.212. The van der Waals surface area contributed by atoms with Crippen molar-refractivity contribution in [1.82, 2.24) is 9.78 Å². The lowest BCUT2D eigenvalue weighted by atomic mass is 9.93. The van der Waals surface area contributed by atoms with Gasteiger partial charge in [-0.05, 0) is 43.0 Å². The van der Waals surface area contributed by atoms with E-state index in [4.69, 9.17) is 16.3 Å². The molecule has 1 atom stereocenters. The molecule has 1 amide bonds. The smallest absolute Gasteiger partial charge is 0.434 e. The highest BCUT2D eigenvalue weighted by molar-refractivity contribution is 6.31. The summed E-state index contributed by atoms with van der Waals surface area (Å²) in [4.78, 5) is 35.8. The molecule has 41 heavy (non-hydrogen) atoms. The third-order valence-corrected chi connectivity index (χ3v) is 7.34. The number of amides is 1. The van der Waals surface area contributed by atoms with Gasteiger partial charge < -0.3 is 14.9 Å². The van der Waals surface area contributed by atoms with Crippen LogP contribution in [-0.4, -0.2) is 38.1 Å². The standard InChI is InChI=1S/C29H22ClF2N3O6/c1-15(19-4-2-3-5-21(19)30)41-27(38)33-25-23(32)24(34-35(25)28(39)40)17-8-6-16(7-9-17)18-10-11-20(22(31)14-18)29(12-13-29)26(36)37/h2-11,14-15H,12-13H2,1H3,(H,33,38)(H,36,37)(H,39,40)/t15-/m1/s1. The van der Waals surface area contributed by atoms with Crippen LogP contribution in [-0.2, 0) is 14.9 Å². The van der Waals surface area contributed by atoms with Gasteiger partial charge in [0, 0.05) is 21.7 Å². The summed E-state index contributed by atoms with van der Waals surface area (Å²) in [6.07, 6.45) is -2.85. The van der Waals surface area contributed by atoms with Gasteiger partial charge in [-0.3, -0.25) is 10.1 Å². The Morgan fingerprint density at radius 3 is 2.22 bits per heavy atom. The van der Waals surface area contributed by atoms with E-state index in [1.165, 1.54) is 24.3 Å². The second-order valence-corrected chi connectivity index (χ2v) is 9.97. The van der Waals surface area contributed by atoms with E-state index in [1.807, 2.05) is 0 Å². The number of benzene rings is 3. The number of anilines is 1. The summed E-state index contributed by atoms with van der Waals surface area (Å²) < 4.78 is 35.7. The number of carboxylic acids is 1. The fraction of sp³-hybridized carbons (Fsp3) is 0.172. The third-order valence-electron chi connectivity index (χ3n) is 6.99. The lowest BCUT2D eigenvalue weighted by Gasteiger charge is -2.15. The van der Waals surface area contributed by atoms with Gasteiger partial charge in [-0.25, -0.2) is 18.4 Å². The van der Waals surface area contributed by atoms with Crippen LogP contribution in [0.25, 0.3) is 22.4 Å². The van der Waals surface area contributed by atoms with E-state index >= 15 is 4.39 Å². The van der Waals surface area contributed by atoms with Crippen molar-refractivity contribution in [2.45, 2.75) is 31.3 Å². The number of hydrogen-bond acceptors (Lipinski definition) is 5. The van der Waals surface area contributed by atoms with Crippen LogP contribution in [0.15, 0.2) is 66.7 Å². The molecule has 4 aromatic rings. The minimum Gasteiger partial charge on any atom is -0.481 e. The van der Waals surface area contributed by atoms with E-state index in [-0.39, 0.29) is 21.5 Å². The minimum absolute atomic E-state index is 0.131. The molecule has 210 valence electrons. The topological polar surface area (TPSA) is 131 Å². The van der Waals surface area contributed by atoms with Gasteiger partial charge >= 0.3 is 18.2 Å². The van der Waals surface area contributed by atoms with Crippen molar-refractivity contribution >= 4 is 35.6 Å². The van der Waals surface area contributed by atoms with Gasteiger partial charge in [-0.1, -0.05) is 66.2 Å². The number of halogens is 3. The summed E-state index contributed by atoms with van der Waals surface area (Å²) in [5.41, 5.74) is 0.296. The van der Waals surface area contributed by atoms with Gasteiger partial charge in [0.2, 0.25) is 0 Å². The number of ether oxygens (including phenoxy) is 1. The molecule has 0 aliphatic heterocycles. The van der Waals surface area contributed by atoms with E-state index in [0.717, 1.165) is 0 Å². The average molecular weight is 582 g/mol. The number of aromatic nitrogens is 2. The molecule has 3 N–H and O–H groups in total. The van der Waals surface area contributed by atoms with Crippen molar-refractivity contribution in [3.63, 3.8) is 0 Å². The fourth-order valence-electron chi connectivity index (χ4n) is 4.61.